The molecule has 11 heteroatoms. The minimum absolute atomic E-state index is 0.00626. The molecule has 1 amide bonds. The quantitative estimate of drug-likeness (QED) is 0.179. The van der Waals surface area contributed by atoms with E-state index >= 15 is 0 Å². The van der Waals surface area contributed by atoms with Gasteiger partial charge in [0.15, 0.2) is 17.6 Å². The van der Waals surface area contributed by atoms with E-state index in [2.05, 4.69) is 15.5 Å². The second-order valence-corrected chi connectivity index (χ2v) is 11.7. The van der Waals surface area contributed by atoms with Crippen LogP contribution in [0.15, 0.2) is 84.3 Å². The Morgan fingerprint density at radius 3 is 2.48 bits per heavy atom. The van der Waals surface area contributed by atoms with Crippen molar-refractivity contribution in [2.24, 2.45) is 7.05 Å². The van der Waals surface area contributed by atoms with Crippen LogP contribution in [0.1, 0.15) is 54.9 Å². The van der Waals surface area contributed by atoms with E-state index in [9.17, 15) is 14.7 Å². The van der Waals surface area contributed by atoms with Gasteiger partial charge < -0.3 is 29.2 Å². The highest BCUT2D eigenvalue weighted by atomic mass is 32.2. The molecule has 0 aliphatic carbocycles. The van der Waals surface area contributed by atoms with E-state index in [1.54, 1.807) is 25.0 Å². The number of aliphatic hydroxyl groups is 1. The number of carbonyl (C=O) groups is 2. The van der Waals surface area contributed by atoms with Crippen LogP contribution in [-0.4, -0.2) is 49.7 Å². The van der Waals surface area contributed by atoms with Crippen molar-refractivity contribution >= 4 is 23.6 Å². The number of nitrogens with one attached hydrogen (secondary N) is 1. The molecule has 1 aromatic heterocycles. The highest BCUT2D eigenvalue weighted by Gasteiger charge is 2.32. The molecule has 0 bridgehead atoms. The fourth-order valence-corrected chi connectivity index (χ4v) is 5.83. The third-order valence-electron chi connectivity index (χ3n) is 7.31. The number of carbonyl (C=O) groups excluding carboxylic acids is 2. The summed E-state index contributed by atoms with van der Waals surface area (Å²) in [6.45, 7) is 3.13. The predicted molar refractivity (Wildman–Crippen MR) is 165 cm³/mol. The van der Waals surface area contributed by atoms with E-state index in [4.69, 9.17) is 14.2 Å². The average molecular weight is 617 g/mol. The van der Waals surface area contributed by atoms with Crippen LogP contribution in [0.3, 0.4) is 0 Å². The van der Waals surface area contributed by atoms with Crippen LogP contribution in [0, 0.1) is 0 Å². The molecular weight excluding hydrogens is 580 g/mol. The number of aryl methyl sites for hydroxylation is 1. The number of aromatic nitrogens is 3. The SMILES string of the molecule is CC(=O)O[C@@H](C)C(=O)NCc1cccc(-c2ccc([C@@H]3O[C@H](CSc4nncn4C)C[C@H](c4ccc(CO)cc4)O3)cc2)c1. The summed E-state index contributed by atoms with van der Waals surface area (Å²) in [6.07, 6.45) is 0.681. The highest BCUT2D eigenvalue weighted by molar-refractivity contribution is 7.99. The lowest BCUT2D eigenvalue weighted by atomic mass is 9.99. The van der Waals surface area contributed by atoms with Crippen LogP contribution in [0.4, 0.5) is 0 Å². The van der Waals surface area contributed by atoms with Gasteiger partial charge in [-0.3, -0.25) is 9.59 Å². The highest BCUT2D eigenvalue weighted by Crippen LogP contribution is 2.39. The minimum atomic E-state index is -0.850. The fourth-order valence-electron chi connectivity index (χ4n) is 4.92. The molecule has 2 heterocycles. The number of thioether (sulfide) groups is 1. The third-order valence-corrected chi connectivity index (χ3v) is 8.47. The lowest BCUT2D eigenvalue weighted by Crippen LogP contribution is -2.35. The summed E-state index contributed by atoms with van der Waals surface area (Å²) < 4.78 is 19.8. The van der Waals surface area contributed by atoms with Gasteiger partial charge in [-0.05, 0) is 40.8 Å². The Bertz CT molecular complexity index is 1560. The summed E-state index contributed by atoms with van der Waals surface area (Å²) in [5.74, 6) is -0.150. The summed E-state index contributed by atoms with van der Waals surface area (Å²) >= 11 is 1.60. The van der Waals surface area contributed by atoms with E-state index in [0.29, 0.717) is 18.7 Å². The van der Waals surface area contributed by atoms with E-state index in [1.165, 1.54) is 6.92 Å². The second-order valence-electron chi connectivity index (χ2n) is 10.7. The molecule has 3 aromatic carbocycles. The lowest BCUT2D eigenvalue weighted by Gasteiger charge is -2.36. The zero-order valence-electron chi connectivity index (χ0n) is 24.9. The van der Waals surface area contributed by atoms with Crippen molar-refractivity contribution in [1.29, 1.82) is 0 Å². The number of benzene rings is 3. The maximum absolute atomic E-state index is 12.2. The van der Waals surface area contributed by atoms with Gasteiger partial charge >= 0.3 is 5.97 Å². The molecule has 10 nitrogen and oxygen atoms in total. The monoisotopic (exact) mass is 616 g/mol. The first-order chi connectivity index (χ1) is 21.3. The Morgan fingerprint density at radius 1 is 1.05 bits per heavy atom. The maximum atomic E-state index is 12.2. The van der Waals surface area contributed by atoms with Crippen molar-refractivity contribution in [1.82, 2.24) is 20.1 Å². The first-order valence-electron chi connectivity index (χ1n) is 14.4. The smallest absolute Gasteiger partial charge is 0.303 e. The molecule has 1 aliphatic rings. The summed E-state index contributed by atoms with van der Waals surface area (Å²) in [5, 5.41) is 21.3. The normalized spacial score (nSPS) is 18.9. The number of aliphatic hydroxyl groups excluding tert-OH is 1. The largest absolute Gasteiger partial charge is 0.453 e. The molecule has 0 radical (unpaired) electrons. The van der Waals surface area contributed by atoms with Gasteiger partial charge in [0.25, 0.3) is 5.91 Å². The molecule has 230 valence electrons. The number of rotatable bonds is 11. The standard InChI is InChI=1S/C33H36N4O6S/c1-21(41-22(2)39)31(40)34-17-24-5-4-6-28(15-24)25-11-13-27(14-12-25)32-42-29(19-44-33-36-35-20-37(33)3)16-30(43-32)26-9-7-23(18-38)8-10-26/h4-15,20-21,29-30,32,38H,16-19H2,1-3H3,(H,34,40)/t21-,29-,30+,32+/m0/s1. The Kier molecular flexibility index (Phi) is 10.4. The first kappa shape index (κ1) is 31.4. The van der Waals surface area contributed by atoms with Crippen molar-refractivity contribution in [3.05, 3.63) is 101 Å². The Morgan fingerprint density at radius 2 is 1.80 bits per heavy atom. The van der Waals surface area contributed by atoms with Crippen molar-refractivity contribution in [2.45, 2.75) is 63.2 Å². The molecule has 44 heavy (non-hydrogen) atoms. The van der Waals surface area contributed by atoms with Crippen molar-refractivity contribution in [3.8, 4) is 11.1 Å². The third kappa shape index (κ3) is 8.11. The van der Waals surface area contributed by atoms with E-state index in [1.807, 2.05) is 84.4 Å². The molecule has 1 saturated heterocycles. The number of hydrogen-bond acceptors (Lipinski definition) is 9. The number of ether oxygens (including phenoxy) is 3. The minimum Gasteiger partial charge on any atom is -0.453 e. The summed E-state index contributed by atoms with van der Waals surface area (Å²) in [5.41, 5.74) is 5.73. The van der Waals surface area contributed by atoms with E-state index < -0.39 is 18.4 Å². The van der Waals surface area contributed by atoms with Gasteiger partial charge in [-0.1, -0.05) is 78.5 Å². The lowest BCUT2D eigenvalue weighted by molar-refractivity contribution is -0.245. The summed E-state index contributed by atoms with van der Waals surface area (Å²) in [4.78, 5) is 23.4. The predicted octanol–water partition coefficient (Wildman–Crippen LogP) is 4.88. The van der Waals surface area contributed by atoms with Crippen molar-refractivity contribution in [2.75, 3.05) is 5.75 Å². The van der Waals surface area contributed by atoms with Crippen LogP contribution in [-0.2, 0) is 44.0 Å². The van der Waals surface area contributed by atoms with Crippen LogP contribution < -0.4 is 5.32 Å². The molecule has 4 atom stereocenters. The molecule has 0 unspecified atom stereocenters. The van der Waals surface area contributed by atoms with Gasteiger partial charge in [0.1, 0.15) is 6.33 Å². The Labute approximate surface area is 260 Å². The topological polar surface area (TPSA) is 125 Å². The van der Waals surface area contributed by atoms with Gasteiger partial charge in [0.05, 0.1) is 18.8 Å². The first-order valence-corrected chi connectivity index (χ1v) is 15.4. The molecule has 0 saturated carbocycles. The number of hydrogen-bond donors (Lipinski definition) is 2. The number of esters is 1. The van der Waals surface area contributed by atoms with Crippen LogP contribution >= 0.6 is 11.8 Å². The maximum Gasteiger partial charge on any atom is 0.303 e. The Hall–Kier alpha value is -4.03. The van der Waals surface area contributed by atoms with Crippen LogP contribution in [0.25, 0.3) is 11.1 Å². The molecule has 2 N–H and O–H groups in total. The molecule has 1 fully saturated rings. The Balaban J connectivity index is 1.28. The van der Waals surface area contributed by atoms with Gasteiger partial charge in [-0.2, -0.15) is 0 Å². The van der Waals surface area contributed by atoms with Crippen molar-refractivity contribution < 1.29 is 28.9 Å². The summed E-state index contributed by atoms with van der Waals surface area (Å²) in [7, 11) is 1.92. The molecule has 5 rings (SSSR count). The molecular formula is C33H36N4O6S. The molecule has 0 spiro atoms. The molecule has 4 aromatic rings. The van der Waals surface area contributed by atoms with Crippen LogP contribution in [0.5, 0.6) is 0 Å². The zero-order chi connectivity index (χ0) is 31.1. The number of amides is 1. The number of nitrogens with zero attached hydrogens (tertiary/aromatic N) is 3. The van der Waals surface area contributed by atoms with Crippen molar-refractivity contribution in [3.63, 3.8) is 0 Å². The van der Waals surface area contributed by atoms with Crippen LogP contribution in [0.2, 0.25) is 0 Å². The summed E-state index contributed by atoms with van der Waals surface area (Å²) in [6, 6.07) is 23.8. The van der Waals surface area contributed by atoms with E-state index in [-0.39, 0.29) is 24.7 Å². The van der Waals surface area contributed by atoms with Gasteiger partial charge in [-0.15, -0.1) is 10.2 Å². The average Bonchev–Trinajstić information content (AvgIpc) is 3.46. The van der Waals surface area contributed by atoms with Gasteiger partial charge in [-0.25, -0.2) is 0 Å². The van der Waals surface area contributed by atoms with Gasteiger partial charge in [0, 0.05) is 38.3 Å². The molecule has 1 aliphatic heterocycles. The van der Waals surface area contributed by atoms with Gasteiger partial charge in [0.2, 0.25) is 0 Å². The second kappa shape index (κ2) is 14.6. The fraction of sp³-hybridized carbons (Fsp3) is 0.333. The zero-order valence-corrected chi connectivity index (χ0v) is 25.7. The van der Waals surface area contributed by atoms with E-state index in [0.717, 1.165) is 38.5 Å².